The fourth-order valence-corrected chi connectivity index (χ4v) is 3.73. The van der Waals surface area contributed by atoms with Crippen molar-refractivity contribution in [1.82, 2.24) is 9.97 Å². The lowest BCUT2D eigenvalue weighted by atomic mass is 9.93. The van der Waals surface area contributed by atoms with Crippen molar-refractivity contribution in [3.63, 3.8) is 0 Å². The standard InChI is InChI=1S/C22H21N3O3/c1-13-3-4-15-11-16(21-14(2)23-9-10-24-21)5-8-19(15)25(13)22(28)18-7-6-17(26)12-20(18)27/h5-13,26-27H,3-4H2,1-2H3. The third-order valence-corrected chi connectivity index (χ3v) is 5.20. The largest absolute Gasteiger partial charge is 0.508 e. The van der Waals surface area contributed by atoms with Gasteiger partial charge in [-0.05, 0) is 56.5 Å². The van der Waals surface area contributed by atoms with Gasteiger partial charge in [0.15, 0.2) is 0 Å². The Morgan fingerprint density at radius 3 is 2.64 bits per heavy atom. The maximum atomic E-state index is 13.2. The Balaban J connectivity index is 1.76. The number of rotatable bonds is 2. The van der Waals surface area contributed by atoms with Gasteiger partial charge in [-0.2, -0.15) is 0 Å². The second-order valence-electron chi connectivity index (χ2n) is 7.10. The molecule has 1 atom stereocenters. The zero-order chi connectivity index (χ0) is 19.8. The molecule has 2 aromatic carbocycles. The number of carbonyl (C=O) groups is 1. The van der Waals surface area contributed by atoms with Crippen LogP contribution in [0.2, 0.25) is 0 Å². The molecule has 28 heavy (non-hydrogen) atoms. The summed E-state index contributed by atoms with van der Waals surface area (Å²) in [6, 6.07) is 9.98. The number of phenolic OH excluding ortho intramolecular Hbond substituents is 2. The molecule has 0 bridgehead atoms. The van der Waals surface area contributed by atoms with Crippen LogP contribution in [0.4, 0.5) is 5.69 Å². The monoisotopic (exact) mass is 375 g/mol. The lowest BCUT2D eigenvalue weighted by molar-refractivity contribution is 0.0972. The highest BCUT2D eigenvalue weighted by Gasteiger charge is 2.30. The van der Waals surface area contributed by atoms with Gasteiger partial charge in [0.05, 0.1) is 17.0 Å². The Bertz CT molecular complexity index is 1060. The van der Waals surface area contributed by atoms with Crippen molar-refractivity contribution in [2.75, 3.05) is 4.90 Å². The molecule has 0 saturated carbocycles. The van der Waals surface area contributed by atoms with E-state index in [1.54, 1.807) is 17.3 Å². The van der Waals surface area contributed by atoms with E-state index in [0.29, 0.717) is 0 Å². The first-order valence-electron chi connectivity index (χ1n) is 9.22. The minimum absolute atomic E-state index is 0.00249. The molecular weight excluding hydrogens is 354 g/mol. The highest BCUT2D eigenvalue weighted by molar-refractivity contribution is 6.09. The topological polar surface area (TPSA) is 86.6 Å². The molecule has 1 aliphatic heterocycles. The van der Waals surface area contributed by atoms with Crippen LogP contribution in [-0.2, 0) is 6.42 Å². The van der Waals surface area contributed by atoms with E-state index in [0.717, 1.165) is 41.0 Å². The predicted molar refractivity (Wildman–Crippen MR) is 107 cm³/mol. The number of aryl methyl sites for hydroxylation is 2. The van der Waals surface area contributed by atoms with Gasteiger partial charge in [0.1, 0.15) is 11.5 Å². The molecule has 3 aromatic rings. The number of carbonyl (C=O) groups excluding carboxylic acids is 1. The van der Waals surface area contributed by atoms with Crippen molar-refractivity contribution in [2.45, 2.75) is 32.7 Å². The van der Waals surface area contributed by atoms with Gasteiger partial charge in [-0.15, -0.1) is 0 Å². The van der Waals surface area contributed by atoms with Crippen molar-refractivity contribution in [1.29, 1.82) is 0 Å². The third kappa shape index (κ3) is 3.07. The number of hydrogen-bond acceptors (Lipinski definition) is 5. The molecule has 142 valence electrons. The Morgan fingerprint density at radius 1 is 1.11 bits per heavy atom. The number of fused-ring (bicyclic) bond motifs is 1. The zero-order valence-electron chi connectivity index (χ0n) is 15.8. The van der Waals surface area contributed by atoms with E-state index in [4.69, 9.17) is 0 Å². The minimum atomic E-state index is -0.283. The normalized spacial score (nSPS) is 15.9. The Labute approximate surface area is 163 Å². The zero-order valence-corrected chi connectivity index (χ0v) is 15.8. The van der Waals surface area contributed by atoms with Crippen LogP contribution in [0.25, 0.3) is 11.3 Å². The smallest absolute Gasteiger partial charge is 0.262 e. The van der Waals surface area contributed by atoms with Crippen molar-refractivity contribution in [3.8, 4) is 22.8 Å². The molecule has 0 spiro atoms. The molecule has 0 saturated heterocycles. The molecule has 1 aromatic heterocycles. The Morgan fingerprint density at radius 2 is 1.89 bits per heavy atom. The van der Waals surface area contributed by atoms with Gasteiger partial charge >= 0.3 is 0 Å². The van der Waals surface area contributed by atoms with E-state index < -0.39 is 0 Å². The lowest BCUT2D eigenvalue weighted by Crippen LogP contribution is -2.42. The van der Waals surface area contributed by atoms with Gasteiger partial charge < -0.3 is 15.1 Å². The number of phenols is 2. The first-order valence-corrected chi connectivity index (χ1v) is 9.22. The summed E-state index contributed by atoms with van der Waals surface area (Å²) in [6.45, 7) is 3.92. The number of benzene rings is 2. The molecule has 0 fully saturated rings. The van der Waals surface area contributed by atoms with Gasteiger partial charge in [0.25, 0.3) is 5.91 Å². The third-order valence-electron chi connectivity index (χ3n) is 5.20. The van der Waals surface area contributed by atoms with Crippen LogP contribution < -0.4 is 4.90 Å². The summed E-state index contributed by atoms with van der Waals surface area (Å²) >= 11 is 0. The van der Waals surface area contributed by atoms with Crippen LogP contribution in [0.15, 0.2) is 48.8 Å². The van der Waals surface area contributed by atoms with Crippen LogP contribution in [0.5, 0.6) is 11.5 Å². The average molecular weight is 375 g/mol. The maximum Gasteiger partial charge on any atom is 0.262 e. The van der Waals surface area contributed by atoms with Gasteiger partial charge in [-0.3, -0.25) is 14.8 Å². The molecule has 2 heterocycles. The molecule has 4 rings (SSSR count). The highest BCUT2D eigenvalue weighted by Crippen LogP contribution is 2.36. The van der Waals surface area contributed by atoms with Crippen molar-refractivity contribution < 1.29 is 15.0 Å². The van der Waals surface area contributed by atoms with Gasteiger partial charge in [-0.25, -0.2) is 0 Å². The van der Waals surface area contributed by atoms with Crippen LogP contribution >= 0.6 is 0 Å². The Kier molecular flexibility index (Phi) is 4.47. The number of anilines is 1. The van der Waals surface area contributed by atoms with Gasteiger partial charge in [0.2, 0.25) is 0 Å². The average Bonchev–Trinajstić information content (AvgIpc) is 2.67. The summed E-state index contributed by atoms with van der Waals surface area (Å²) in [4.78, 5) is 23.6. The number of hydrogen-bond donors (Lipinski definition) is 2. The quantitative estimate of drug-likeness (QED) is 0.711. The number of aromatic nitrogens is 2. The van der Waals surface area contributed by atoms with E-state index >= 15 is 0 Å². The van der Waals surface area contributed by atoms with Crippen LogP contribution in [0, 0.1) is 6.92 Å². The van der Waals surface area contributed by atoms with Crippen molar-refractivity contribution in [2.24, 2.45) is 0 Å². The van der Waals surface area contributed by atoms with Crippen LogP contribution in [0.3, 0.4) is 0 Å². The Hall–Kier alpha value is -3.41. The maximum absolute atomic E-state index is 13.2. The highest BCUT2D eigenvalue weighted by atomic mass is 16.3. The molecule has 0 radical (unpaired) electrons. The fraction of sp³-hybridized carbons (Fsp3) is 0.227. The first kappa shape index (κ1) is 18.0. The molecule has 1 aliphatic rings. The van der Waals surface area contributed by atoms with E-state index in [1.165, 1.54) is 18.2 Å². The summed E-state index contributed by atoms with van der Waals surface area (Å²) in [5, 5.41) is 19.6. The van der Waals surface area contributed by atoms with E-state index in [9.17, 15) is 15.0 Å². The fourth-order valence-electron chi connectivity index (χ4n) is 3.73. The van der Waals surface area contributed by atoms with E-state index in [2.05, 4.69) is 16.0 Å². The molecular formula is C22H21N3O3. The number of aromatic hydroxyl groups is 2. The van der Waals surface area contributed by atoms with Gasteiger partial charge in [-0.1, -0.05) is 6.07 Å². The van der Waals surface area contributed by atoms with E-state index in [-0.39, 0.29) is 29.0 Å². The summed E-state index contributed by atoms with van der Waals surface area (Å²) in [5.74, 6) is -0.587. The second kappa shape index (κ2) is 6.96. The summed E-state index contributed by atoms with van der Waals surface area (Å²) in [6.07, 6.45) is 5.02. The van der Waals surface area contributed by atoms with Gasteiger partial charge in [0, 0.05) is 35.8 Å². The summed E-state index contributed by atoms with van der Waals surface area (Å²) in [5.41, 5.74) is 4.73. The predicted octanol–water partition coefficient (Wildman–Crippen LogP) is 3.84. The molecule has 6 nitrogen and oxygen atoms in total. The second-order valence-corrected chi connectivity index (χ2v) is 7.10. The minimum Gasteiger partial charge on any atom is -0.508 e. The lowest BCUT2D eigenvalue weighted by Gasteiger charge is -2.35. The van der Waals surface area contributed by atoms with E-state index in [1.807, 2.05) is 26.0 Å². The molecule has 2 N–H and O–H groups in total. The summed E-state index contributed by atoms with van der Waals surface area (Å²) in [7, 11) is 0. The number of nitrogens with zero attached hydrogens (tertiary/aromatic N) is 3. The number of amides is 1. The molecule has 0 aliphatic carbocycles. The molecule has 1 unspecified atom stereocenters. The van der Waals surface area contributed by atoms with Crippen molar-refractivity contribution >= 4 is 11.6 Å². The molecule has 1 amide bonds. The first-order chi connectivity index (χ1) is 13.5. The van der Waals surface area contributed by atoms with Crippen LogP contribution in [0.1, 0.15) is 35.0 Å². The van der Waals surface area contributed by atoms with Crippen LogP contribution in [-0.4, -0.2) is 32.1 Å². The molecule has 6 heteroatoms. The summed E-state index contributed by atoms with van der Waals surface area (Å²) < 4.78 is 0. The van der Waals surface area contributed by atoms with Crippen molar-refractivity contribution in [3.05, 3.63) is 65.6 Å². The SMILES string of the molecule is Cc1nccnc1-c1ccc2c(c1)CCC(C)N2C(=O)c1ccc(O)cc1O.